The van der Waals surface area contributed by atoms with Gasteiger partial charge in [0, 0.05) is 31.8 Å². The molecule has 0 saturated heterocycles. The molecule has 0 aliphatic rings. The van der Waals surface area contributed by atoms with E-state index in [2.05, 4.69) is 4.99 Å². The minimum atomic E-state index is -3.65. The lowest BCUT2D eigenvalue weighted by molar-refractivity contribution is 0.0996. The van der Waals surface area contributed by atoms with Gasteiger partial charge < -0.3 is 9.30 Å². The van der Waals surface area contributed by atoms with E-state index >= 15 is 0 Å². The van der Waals surface area contributed by atoms with E-state index in [1.165, 1.54) is 52.0 Å². The minimum absolute atomic E-state index is 0.162. The lowest BCUT2D eigenvalue weighted by atomic mass is 10.2. The lowest BCUT2D eigenvalue weighted by Crippen LogP contribution is -2.33. The maximum atomic E-state index is 13.8. The summed E-state index contributed by atoms with van der Waals surface area (Å²) >= 11 is 1.22. The van der Waals surface area contributed by atoms with Crippen LogP contribution in [0.3, 0.4) is 0 Å². The predicted octanol–water partition coefficient (Wildman–Crippen LogP) is 5.21. The molecule has 3 aromatic rings. The molecular formula is C26H34FN3O4S2. The number of ether oxygens (including phenoxy) is 1. The third-order valence-electron chi connectivity index (χ3n) is 5.77. The van der Waals surface area contributed by atoms with Gasteiger partial charge in [-0.15, -0.1) is 0 Å². The average molecular weight is 536 g/mol. The van der Waals surface area contributed by atoms with E-state index in [0.29, 0.717) is 42.3 Å². The summed E-state index contributed by atoms with van der Waals surface area (Å²) in [7, 11) is -3.65. The highest BCUT2D eigenvalue weighted by atomic mass is 32.2. The van der Waals surface area contributed by atoms with E-state index in [1.807, 2.05) is 25.3 Å². The number of sulfonamides is 1. The van der Waals surface area contributed by atoms with Gasteiger partial charge in [0.25, 0.3) is 5.91 Å². The molecular weight excluding hydrogens is 501 g/mol. The number of aromatic nitrogens is 1. The van der Waals surface area contributed by atoms with Crippen LogP contribution in [-0.2, 0) is 21.3 Å². The van der Waals surface area contributed by atoms with Crippen molar-refractivity contribution in [2.75, 3.05) is 26.3 Å². The quantitative estimate of drug-likeness (QED) is 0.282. The van der Waals surface area contributed by atoms with Crippen molar-refractivity contribution in [3.05, 3.63) is 58.6 Å². The van der Waals surface area contributed by atoms with Gasteiger partial charge >= 0.3 is 0 Å². The first-order chi connectivity index (χ1) is 17.3. The van der Waals surface area contributed by atoms with Crippen LogP contribution in [0.1, 0.15) is 56.8 Å². The first-order valence-electron chi connectivity index (χ1n) is 12.4. The Balaban J connectivity index is 1.90. The molecule has 1 aromatic heterocycles. The number of benzene rings is 2. The molecule has 36 heavy (non-hydrogen) atoms. The highest BCUT2D eigenvalue weighted by molar-refractivity contribution is 7.89. The van der Waals surface area contributed by atoms with E-state index in [1.54, 1.807) is 6.07 Å². The number of hydrogen-bond acceptors (Lipinski definition) is 5. The summed E-state index contributed by atoms with van der Waals surface area (Å²) in [5.74, 6) is -0.854. The van der Waals surface area contributed by atoms with Crippen LogP contribution in [0, 0.1) is 5.82 Å². The number of rotatable bonds is 13. The fourth-order valence-corrected chi connectivity index (χ4v) is 6.34. The molecule has 0 bridgehead atoms. The summed E-state index contributed by atoms with van der Waals surface area (Å²) < 4.78 is 49.6. The average Bonchev–Trinajstić information content (AvgIpc) is 3.19. The van der Waals surface area contributed by atoms with Gasteiger partial charge in [-0.25, -0.2) is 12.8 Å². The largest absolute Gasteiger partial charge is 0.380 e. The standard InChI is InChI=1S/C26H34FN3O4S2/c1-4-7-15-29(16-8-5-2)36(32,33)22-12-9-20(10-13-22)25(31)28-26-30(17-18-34-6-3)23-14-11-21(27)19-24(23)35-26/h9-14,19H,4-8,15-18H2,1-3H3. The van der Waals surface area contributed by atoms with Gasteiger partial charge in [0.2, 0.25) is 10.0 Å². The van der Waals surface area contributed by atoms with Crippen LogP contribution in [0.2, 0.25) is 0 Å². The van der Waals surface area contributed by atoms with Crippen molar-refractivity contribution >= 4 is 37.5 Å². The van der Waals surface area contributed by atoms with Crippen LogP contribution in [0.25, 0.3) is 10.2 Å². The Bertz CT molecular complexity index is 1320. The van der Waals surface area contributed by atoms with Crippen molar-refractivity contribution in [1.82, 2.24) is 8.87 Å². The normalized spacial score (nSPS) is 12.6. The number of thiazole rings is 1. The van der Waals surface area contributed by atoms with Gasteiger partial charge in [-0.05, 0) is 62.2 Å². The monoisotopic (exact) mass is 535 g/mol. The zero-order valence-electron chi connectivity index (χ0n) is 21.1. The highest BCUT2D eigenvalue weighted by Gasteiger charge is 2.23. The van der Waals surface area contributed by atoms with Crippen LogP contribution in [-0.4, -0.2) is 49.5 Å². The molecule has 1 heterocycles. The summed E-state index contributed by atoms with van der Waals surface area (Å²) in [4.78, 5) is 17.9. The molecule has 0 fully saturated rings. The van der Waals surface area contributed by atoms with Crippen LogP contribution in [0.4, 0.5) is 4.39 Å². The first-order valence-corrected chi connectivity index (χ1v) is 14.6. The van der Waals surface area contributed by atoms with E-state index in [9.17, 15) is 17.6 Å². The topological polar surface area (TPSA) is 81.0 Å². The van der Waals surface area contributed by atoms with Crippen molar-refractivity contribution in [3.63, 3.8) is 0 Å². The van der Waals surface area contributed by atoms with Crippen molar-refractivity contribution < 1.29 is 22.3 Å². The number of nitrogens with zero attached hydrogens (tertiary/aromatic N) is 3. The van der Waals surface area contributed by atoms with E-state index in [4.69, 9.17) is 4.74 Å². The number of carbonyl (C=O) groups excluding carboxylic acids is 1. The molecule has 196 valence electrons. The van der Waals surface area contributed by atoms with E-state index < -0.39 is 15.9 Å². The molecule has 0 spiro atoms. The predicted molar refractivity (Wildman–Crippen MR) is 141 cm³/mol. The second-order valence-corrected chi connectivity index (χ2v) is 11.3. The molecule has 0 saturated carbocycles. The van der Waals surface area contributed by atoms with Crippen LogP contribution in [0.5, 0.6) is 0 Å². The summed E-state index contributed by atoms with van der Waals surface area (Å²) in [6.45, 7) is 8.37. The van der Waals surface area contributed by atoms with Crippen molar-refractivity contribution in [3.8, 4) is 0 Å². The lowest BCUT2D eigenvalue weighted by Gasteiger charge is -2.22. The summed E-state index contributed by atoms with van der Waals surface area (Å²) in [5.41, 5.74) is 1.05. The van der Waals surface area contributed by atoms with Crippen molar-refractivity contribution in [1.29, 1.82) is 0 Å². The maximum Gasteiger partial charge on any atom is 0.279 e. The van der Waals surface area contributed by atoms with Gasteiger partial charge in [0.15, 0.2) is 4.80 Å². The third kappa shape index (κ3) is 6.88. The van der Waals surface area contributed by atoms with Gasteiger partial charge in [0.1, 0.15) is 5.82 Å². The minimum Gasteiger partial charge on any atom is -0.380 e. The van der Waals surface area contributed by atoms with Gasteiger partial charge in [-0.1, -0.05) is 38.0 Å². The SMILES string of the molecule is CCCCN(CCCC)S(=O)(=O)c1ccc(C(=O)N=c2sc3cc(F)ccc3n2CCOCC)cc1. The van der Waals surface area contributed by atoms with E-state index in [0.717, 1.165) is 31.2 Å². The summed E-state index contributed by atoms with van der Waals surface area (Å²) in [5, 5.41) is 0. The summed E-state index contributed by atoms with van der Waals surface area (Å²) in [6.07, 6.45) is 3.39. The van der Waals surface area contributed by atoms with Gasteiger partial charge in [0.05, 0.1) is 21.7 Å². The Labute approximate surface area is 216 Å². The summed E-state index contributed by atoms with van der Waals surface area (Å²) in [6, 6.07) is 10.4. The Hall–Kier alpha value is -2.40. The number of unbranched alkanes of at least 4 members (excludes halogenated alkanes) is 2. The fourth-order valence-electron chi connectivity index (χ4n) is 3.74. The van der Waals surface area contributed by atoms with Crippen molar-refractivity contribution in [2.24, 2.45) is 4.99 Å². The molecule has 0 atom stereocenters. The van der Waals surface area contributed by atoms with E-state index in [-0.39, 0.29) is 16.3 Å². The van der Waals surface area contributed by atoms with Crippen molar-refractivity contribution in [2.45, 2.75) is 57.9 Å². The number of amides is 1. The molecule has 0 N–H and O–H groups in total. The zero-order valence-corrected chi connectivity index (χ0v) is 22.7. The second-order valence-electron chi connectivity index (χ2n) is 8.40. The first kappa shape index (κ1) is 28.2. The molecule has 2 aromatic carbocycles. The Morgan fingerprint density at radius 3 is 2.33 bits per heavy atom. The number of halogens is 1. The number of hydrogen-bond donors (Lipinski definition) is 0. The number of carbonyl (C=O) groups is 1. The Morgan fingerprint density at radius 1 is 1.06 bits per heavy atom. The smallest absolute Gasteiger partial charge is 0.279 e. The van der Waals surface area contributed by atoms with Crippen LogP contribution >= 0.6 is 11.3 Å². The molecule has 7 nitrogen and oxygen atoms in total. The Morgan fingerprint density at radius 2 is 1.72 bits per heavy atom. The highest BCUT2D eigenvalue weighted by Crippen LogP contribution is 2.20. The van der Waals surface area contributed by atoms with Gasteiger partial charge in [-0.2, -0.15) is 9.30 Å². The second kappa shape index (κ2) is 13.2. The molecule has 0 aliphatic carbocycles. The molecule has 0 unspecified atom stereocenters. The molecule has 3 rings (SSSR count). The molecule has 1 amide bonds. The Kier molecular flexibility index (Phi) is 10.4. The maximum absolute atomic E-state index is 13.8. The molecule has 0 aliphatic heterocycles. The van der Waals surface area contributed by atoms with Gasteiger partial charge in [-0.3, -0.25) is 4.79 Å². The van der Waals surface area contributed by atoms with Crippen LogP contribution in [0.15, 0.2) is 52.4 Å². The molecule has 0 radical (unpaired) electrons. The zero-order chi connectivity index (χ0) is 26.1. The fraction of sp³-hybridized carbons (Fsp3) is 0.462. The number of fused-ring (bicyclic) bond motifs is 1. The third-order valence-corrected chi connectivity index (χ3v) is 8.72. The van der Waals surface area contributed by atoms with Crippen LogP contribution < -0.4 is 4.80 Å². The molecule has 10 heteroatoms.